The van der Waals surface area contributed by atoms with E-state index in [0.29, 0.717) is 12.1 Å². The molecule has 3 rings (SSSR count). The first kappa shape index (κ1) is 33.8. The van der Waals surface area contributed by atoms with E-state index in [4.69, 9.17) is 4.74 Å². The van der Waals surface area contributed by atoms with Crippen molar-refractivity contribution in [2.75, 3.05) is 13.2 Å². The summed E-state index contributed by atoms with van der Waals surface area (Å²) < 4.78 is 87.6. The molecule has 3 amide bonds. The number of ether oxygens (including phenoxy) is 1. The number of hydrogen-bond donors (Lipinski definition) is 4. The lowest BCUT2D eigenvalue weighted by Crippen LogP contribution is -2.54. The number of carbonyl (C=O) groups excluding carboxylic acids is 2. The number of urea groups is 1. The Balaban J connectivity index is 1.78. The lowest BCUT2D eigenvalue weighted by Gasteiger charge is -2.34. The fraction of sp³-hybridized carbons (Fsp3) is 0.517. The van der Waals surface area contributed by atoms with E-state index < -0.39 is 64.3 Å². The second kappa shape index (κ2) is 11.8. The zero-order valence-electron chi connectivity index (χ0n) is 24.2. The number of hydrogen-bond acceptors (Lipinski definition) is 6. The molecule has 1 saturated heterocycles. The van der Waals surface area contributed by atoms with Crippen LogP contribution in [-0.2, 0) is 15.9 Å². The number of aliphatic hydroxyl groups is 1. The third-order valence-electron chi connectivity index (χ3n) is 7.48. The molecule has 43 heavy (non-hydrogen) atoms. The van der Waals surface area contributed by atoms with Crippen LogP contribution in [0, 0.1) is 0 Å². The van der Waals surface area contributed by atoms with Crippen LogP contribution in [0.1, 0.15) is 81.5 Å². The number of unbranched alkanes of at least 4 members (excludes halogenated alkanes) is 1. The van der Waals surface area contributed by atoms with E-state index >= 15 is 0 Å². The molecule has 1 unspecified atom stereocenters. The lowest BCUT2D eigenvalue weighted by atomic mass is 9.84. The minimum atomic E-state index is -6.03. The van der Waals surface area contributed by atoms with Gasteiger partial charge in [-0.2, -0.15) is 26.3 Å². The molecule has 8 nitrogen and oxygen atoms in total. The van der Waals surface area contributed by atoms with Gasteiger partial charge in [0.2, 0.25) is 0 Å². The molecule has 1 fully saturated rings. The van der Waals surface area contributed by atoms with Crippen LogP contribution in [0.25, 0.3) is 0 Å². The van der Waals surface area contributed by atoms with Gasteiger partial charge < -0.3 is 25.4 Å². The summed E-state index contributed by atoms with van der Waals surface area (Å²) in [7, 11) is 0. The van der Waals surface area contributed by atoms with E-state index in [-0.39, 0.29) is 48.4 Å². The second-order valence-corrected chi connectivity index (χ2v) is 11.3. The number of nitrogens with zero attached hydrogens (tertiary/aromatic N) is 1. The molecule has 0 aliphatic carbocycles. The highest BCUT2D eigenvalue weighted by Crippen LogP contribution is 2.52. The van der Waals surface area contributed by atoms with Crippen LogP contribution < -0.4 is 10.1 Å². The molecule has 1 atom stereocenters. The van der Waals surface area contributed by atoms with E-state index in [9.17, 15) is 51.3 Å². The van der Waals surface area contributed by atoms with Crippen LogP contribution in [0.5, 0.6) is 17.2 Å². The number of alkyl halides is 6. The number of imide groups is 1. The predicted molar refractivity (Wildman–Crippen MR) is 143 cm³/mol. The Bertz CT molecular complexity index is 1330. The number of benzene rings is 2. The smallest absolute Gasteiger partial charge is 0.430 e. The maximum atomic E-state index is 13.6. The molecular formula is C29H34F6N2O6. The Morgan fingerprint density at radius 3 is 1.88 bits per heavy atom. The number of halogens is 6. The van der Waals surface area contributed by atoms with E-state index in [1.54, 1.807) is 27.7 Å². The Morgan fingerprint density at radius 1 is 0.884 bits per heavy atom. The Kier molecular flexibility index (Phi) is 9.26. The normalized spacial score (nSPS) is 18.1. The molecule has 14 heteroatoms. The van der Waals surface area contributed by atoms with Crippen LogP contribution in [0.15, 0.2) is 30.3 Å². The van der Waals surface area contributed by atoms with Gasteiger partial charge >= 0.3 is 18.4 Å². The molecule has 0 aromatic heterocycles. The number of aromatic hydroxyl groups is 2. The molecule has 0 bridgehead atoms. The number of carbonyl (C=O) groups is 2. The molecule has 1 heterocycles. The maximum absolute atomic E-state index is 13.6. The van der Waals surface area contributed by atoms with Crippen molar-refractivity contribution in [3.05, 3.63) is 52.6 Å². The Labute approximate surface area is 244 Å². The van der Waals surface area contributed by atoms with Crippen molar-refractivity contribution in [3.8, 4) is 17.2 Å². The zero-order chi connectivity index (χ0) is 32.7. The lowest BCUT2D eigenvalue weighted by molar-refractivity contribution is -0.376. The third kappa shape index (κ3) is 6.20. The minimum absolute atomic E-state index is 0.0229. The van der Waals surface area contributed by atoms with E-state index in [0.717, 1.165) is 4.90 Å². The van der Waals surface area contributed by atoms with Crippen molar-refractivity contribution in [2.45, 2.75) is 82.8 Å². The van der Waals surface area contributed by atoms with Gasteiger partial charge in [0, 0.05) is 12.1 Å². The SMILES string of the molecule is CC(C)c1cc(C(O)(C(F)(F)F)C(F)(F)F)cc(C(C)C)c1OCCCCN1C(=O)NC(C)(c2ccc(O)c(O)c2)C1=O. The Morgan fingerprint density at radius 2 is 1.42 bits per heavy atom. The molecule has 2 aromatic carbocycles. The highest BCUT2D eigenvalue weighted by molar-refractivity contribution is 6.07. The molecule has 238 valence electrons. The van der Waals surface area contributed by atoms with Gasteiger partial charge in [-0.3, -0.25) is 9.69 Å². The van der Waals surface area contributed by atoms with Crippen molar-refractivity contribution in [1.82, 2.24) is 10.2 Å². The van der Waals surface area contributed by atoms with Crippen LogP contribution >= 0.6 is 0 Å². The first-order valence-corrected chi connectivity index (χ1v) is 13.5. The van der Waals surface area contributed by atoms with Crippen molar-refractivity contribution in [2.24, 2.45) is 0 Å². The summed E-state index contributed by atoms with van der Waals surface area (Å²) in [6.07, 6.45) is -11.5. The van der Waals surface area contributed by atoms with Crippen molar-refractivity contribution in [3.63, 3.8) is 0 Å². The molecule has 1 aliphatic heterocycles. The van der Waals surface area contributed by atoms with Gasteiger partial charge in [-0.1, -0.05) is 33.8 Å². The fourth-order valence-electron chi connectivity index (χ4n) is 4.87. The monoisotopic (exact) mass is 620 g/mol. The fourth-order valence-corrected chi connectivity index (χ4v) is 4.87. The quantitative estimate of drug-likeness (QED) is 0.107. The summed E-state index contributed by atoms with van der Waals surface area (Å²) >= 11 is 0. The minimum Gasteiger partial charge on any atom is -0.504 e. The summed E-state index contributed by atoms with van der Waals surface area (Å²) in [6.45, 7) is 7.67. The first-order chi connectivity index (χ1) is 19.7. The van der Waals surface area contributed by atoms with Gasteiger partial charge in [-0.05, 0) is 72.6 Å². The number of phenolic OH excluding ortho intramolecular Hbond substituents is 2. The van der Waals surface area contributed by atoms with Crippen LogP contribution in [0.4, 0.5) is 31.1 Å². The van der Waals surface area contributed by atoms with Gasteiger partial charge in [0.1, 0.15) is 11.3 Å². The van der Waals surface area contributed by atoms with E-state index in [1.807, 2.05) is 0 Å². The zero-order valence-corrected chi connectivity index (χ0v) is 24.2. The summed E-state index contributed by atoms with van der Waals surface area (Å²) in [5, 5.41) is 31.9. The molecular weight excluding hydrogens is 586 g/mol. The first-order valence-electron chi connectivity index (χ1n) is 13.5. The van der Waals surface area contributed by atoms with Crippen molar-refractivity contribution < 1.29 is 56.0 Å². The van der Waals surface area contributed by atoms with Gasteiger partial charge in [0.25, 0.3) is 11.5 Å². The summed E-state index contributed by atoms with van der Waals surface area (Å²) in [5.41, 5.74) is -7.57. The van der Waals surface area contributed by atoms with Gasteiger partial charge in [0.15, 0.2) is 11.5 Å². The van der Waals surface area contributed by atoms with Gasteiger partial charge in [-0.25, -0.2) is 4.79 Å². The summed E-state index contributed by atoms with van der Waals surface area (Å²) in [6, 6.07) is 4.40. The maximum Gasteiger partial charge on any atom is 0.430 e. The summed E-state index contributed by atoms with van der Waals surface area (Å²) in [4.78, 5) is 26.7. The average Bonchev–Trinajstić information content (AvgIpc) is 3.11. The van der Waals surface area contributed by atoms with Crippen LogP contribution in [0.3, 0.4) is 0 Å². The van der Waals surface area contributed by atoms with Crippen LogP contribution in [0.2, 0.25) is 0 Å². The molecule has 0 saturated carbocycles. The third-order valence-corrected chi connectivity index (χ3v) is 7.48. The number of rotatable bonds is 10. The van der Waals surface area contributed by atoms with Crippen molar-refractivity contribution in [1.29, 1.82) is 0 Å². The van der Waals surface area contributed by atoms with E-state index in [1.165, 1.54) is 25.1 Å². The van der Waals surface area contributed by atoms with Crippen LogP contribution in [-0.4, -0.2) is 57.7 Å². The largest absolute Gasteiger partial charge is 0.504 e. The highest BCUT2D eigenvalue weighted by Gasteiger charge is 2.71. The van der Waals surface area contributed by atoms with Crippen molar-refractivity contribution >= 4 is 11.9 Å². The number of phenols is 2. The van der Waals surface area contributed by atoms with Gasteiger partial charge in [0.05, 0.1) is 6.61 Å². The predicted octanol–water partition coefficient (Wildman–Crippen LogP) is 6.28. The Hall–Kier alpha value is -3.68. The molecule has 2 aromatic rings. The highest BCUT2D eigenvalue weighted by atomic mass is 19.4. The summed E-state index contributed by atoms with van der Waals surface area (Å²) in [5.74, 6) is -2.48. The molecule has 0 spiro atoms. The second-order valence-electron chi connectivity index (χ2n) is 11.3. The average molecular weight is 621 g/mol. The standard InChI is InChI=1S/C29H34F6N2O6/c1-15(2)19-12-18(27(42,28(30,31)32)29(33,34)35)13-20(16(3)4)23(19)43-11-7-6-10-37-24(40)26(5,36-25(37)41)17-8-9-21(38)22(39)14-17/h8-9,12-16,38-39,42H,6-7,10-11H2,1-5H3,(H,36,41). The van der Waals surface area contributed by atoms with E-state index in [2.05, 4.69) is 5.32 Å². The topological polar surface area (TPSA) is 119 Å². The number of amides is 3. The molecule has 1 aliphatic rings. The molecule has 4 N–H and O–H groups in total. The molecule has 0 radical (unpaired) electrons. The number of nitrogens with one attached hydrogen (secondary N) is 1. The van der Waals surface area contributed by atoms with Gasteiger partial charge in [-0.15, -0.1) is 0 Å².